The van der Waals surface area contributed by atoms with Crippen LogP contribution in [0.2, 0.25) is 18.1 Å². The Kier molecular flexibility index (Phi) is 6.98. The summed E-state index contributed by atoms with van der Waals surface area (Å²) < 4.78 is 6.10. The quantitative estimate of drug-likeness (QED) is 0.420. The molecule has 0 unspecified atom stereocenters. The minimum atomic E-state index is -1.46. The Morgan fingerprint density at radius 3 is 1.57 bits per heavy atom. The van der Waals surface area contributed by atoms with Crippen molar-refractivity contribution < 1.29 is 4.43 Å². The first-order valence-corrected chi connectivity index (χ1v) is 8.47. The van der Waals surface area contributed by atoms with E-state index in [1.807, 2.05) is 6.92 Å². The van der Waals surface area contributed by atoms with Crippen LogP contribution in [0.25, 0.3) is 0 Å². The second kappa shape index (κ2) is 7.10. The van der Waals surface area contributed by atoms with E-state index in [4.69, 9.17) is 4.43 Å². The number of hydrogen-bond donors (Lipinski definition) is 0. The average molecular weight is 214 g/mol. The second-order valence-electron chi connectivity index (χ2n) is 4.24. The Balaban J connectivity index is 4.45. The lowest BCUT2D eigenvalue weighted by Crippen LogP contribution is -2.37. The second-order valence-corrected chi connectivity index (χ2v) is 8.31. The van der Waals surface area contributed by atoms with Crippen LogP contribution in [0, 0.1) is 0 Å². The first-order valence-electron chi connectivity index (χ1n) is 5.94. The van der Waals surface area contributed by atoms with Crippen LogP contribution in [0.3, 0.4) is 0 Å². The Bertz CT molecular complexity index is 149. The van der Waals surface area contributed by atoms with Gasteiger partial charge in [-0.2, -0.15) is 0 Å². The molecule has 0 saturated heterocycles. The average Bonchev–Trinajstić information content (AvgIpc) is 2.03. The van der Waals surface area contributed by atoms with Crippen molar-refractivity contribution in [2.75, 3.05) is 0 Å². The SMILES string of the molecule is C=C(C)O[Si](CCC)(CCC)CCC. The fourth-order valence-corrected chi connectivity index (χ4v) is 6.79. The Labute approximate surface area is 90.7 Å². The van der Waals surface area contributed by atoms with Gasteiger partial charge < -0.3 is 4.43 Å². The van der Waals surface area contributed by atoms with E-state index in [0.29, 0.717) is 0 Å². The van der Waals surface area contributed by atoms with E-state index in [0.717, 1.165) is 5.76 Å². The van der Waals surface area contributed by atoms with Gasteiger partial charge in [0.15, 0.2) is 0 Å². The van der Waals surface area contributed by atoms with Crippen LogP contribution in [0.5, 0.6) is 0 Å². The summed E-state index contributed by atoms with van der Waals surface area (Å²) in [6.45, 7) is 12.7. The zero-order chi connectivity index (χ0) is 11.0. The van der Waals surface area contributed by atoms with Gasteiger partial charge in [-0.1, -0.05) is 46.6 Å². The van der Waals surface area contributed by atoms with Crippen LogP contribution in [0.1, 0.15) is 47.0 Å². The Morgan fingerprint density at radius 2 is 1.36 bits per heavy atom. The number of rotatable bonds is 8. The molecule has 0 aromatic rings. The van der Waals surface area contributed by atoms with Gasteiger partial charge in [-0.15, -0.1) is 0 Å². The van der Waals surface area contributed by atoms with Gasteiger partial charge in [-0.05, 0) is 25.1 Å². The van der Waals surface area contributed by atoms with E-state index in [2.05, 4.69) is 27.4 Å². The van der Waals surface area contributed by atoms with Crippen molar-refractivity contribution in [1.29, 1.82) is 0 Å². The molecule has 0 N–H and O–H groups in total. The molecule has 0 aliphatic rings. The zero-order valence-corrected chi connectivity index (χ0v) is 11.4. The molecule has 14 heavy (non-hydrogen) atoms. The van der Waals surface area contributed by atoms with Crippen LogP contribution < -0.4 is 0 Å². The van der Waals surface area contributed by atoms with Gasteiger partial charge in [0, 0.05) is 0 Å². The highest BCUT2D eigenvalue weighted by Gasteiger charge is 2.33. The van der Waals surface area contributed by atoms with E-state index in [-0.39, 0.29) is 0 Å². The first-order chi connectivity index (χ1) is 6.60. The zero-order valence-electron chi connectivity index (χ0n) is 10.4. The summed E-state index contributed by atoms with van der Waals surface area (Å²) in [4.78, 5) is 0. The van der Waals surface area contributed by atoms with Gasteiger partial charge in [-0.3, -0.25) is 0 Å². The smallest absolute Gasteiger partial charge is 0.250 e. The third kappa shape index (κ3) is 4.84. The third-order valence-electron chi connectivity index (χ3n) is 2.51. The van der Waals surface area contributed by atoms with Crippen LogP contribution >= 0.6 is 0 Å². The van der Waals surface area contributed by atoms with Crippen LogP contribution in [0.4, 0.5) is 0 Å². The summed E-state index contributed by atoms with van der Waals surface area (Å²) >= 11 is 0. The van der Waals surface area contributed by atoms with Crippen LogP contribution in [-0.4, -0.2) is 8.32 Å². The molecule has 0 saturated carbocycles. The topological polar surface area (TPSA) is 9.23 Å². The summed E-state index contributed by atoms with van der Waals surface area (Å²) in [6.07, 6.45) is 3.75. The molecule has 0 aliphatic carbocycles. The molecular weight excluding hydrogens is 188 g/mol. The normalized spacial score (nSPS) is 11.4. The van der Waals surface area contributed by atoms with Gasteiger partial charge in [-0.25, -0.2) is 0 Å². The summed E-state index contributed by atoms with van der Waals surface area (Å²) in [6, 6.07) is 3.88. The van der Waals surface area contributed by atoms with Gasteiger partial charge in [0.2, 0.25) is 0 Å². The predicted octanol–water partition coefficient (Wildman–Crippen LogP) is 4.71. The molecule has 1 nitrogen and oxygen atoms in total. The summed E-state index contributed by atoms with van der Waals surface area (Å²) in [7, 11) is -1.46. The van der Waals surface area contributed by atoms with Crippen molar-refractivity contribution in [2.24, 2.45) is 0 Å². The number of hydrogen-bond acceptors (Lipinski definition) is 1. The molecule has 0 fully saturated rings. The predicted molar refractivity (Wildman–Crippen MR) is 66.9 cm³/mol. The largest absolute Gasteiger partial charge is 0.547 e. The molecule has 0 rings (SSSR count). The molecule has 0 aliphatic heterocycles. The molecule has 0 bridgehead atoms. The monoisotopic (exact) mass is 214 g/mol. The van der Waals surface area contributed by atoms with Gasteiger partial charge in [0.25, 0.3) is 8.32 Å². The highest BCUT2D eigenvalue weighted by atomic mass is 28.4. The lowest BCUT2D eigenvalue weighted by molar-refractivity contribution is 0.402. The maximum Gasteiger partial charge on any atom is 0.250 e. The summed E-state index contributed by atoms with van der Waals surface area (Å²) in [5, 5.41) is 0. The maximum atomic E-state index is 6.10. The summed E-state index contributed by atoms with van der Waals surface area (Å²) in [5.74, 6) is 0.923. The van der Waals surface area contributed by atoms with Gasteiger partial charge >= 0.3 is 0 Å². The lowest BCUT2D eigenvalue weighted by Gasteiger charge is -2.31. The van der Waals surface area contributed by atoms with E-state index >= 15 is 0 Å². The van der Waals surface area contributed by atoms with Gasteiger partial charge in [0.05, 0.1) is 5.76 Å². The maximum absolute atomic E-state index is 6.10. The molecule has 2 heteroatoms. The Morgan fingerprint density at radius 1 is 1.00 bits per heavy atom. The standard InChI is InChI=1S/C12H26OSi/c1-6-9-14(10-7-2,11-8-3)13-12(4)5/h4,6-11H2,1-3,5H3. The van der Waals surface area contributed by atoms with Crippen molar-refractivity contribution in [1.82, 2.24) is 0 Å². The third-order valence-corrected chi connectivity index (χ3v) is 7.52. The van der Waals surface area contributed by atoms with Crippen LogP contribution in [-0.2, 0) is 4.43 Å². The molecular formula is C12H26OSi. The molecule has 0 atom stereocenters. The lowest BCUT2D eigenvalue weighted by atomic mass is 10.6. The highest BCUT2D eigenvalue weighted by molar-refractivity contribution is 6.74. The van der Waals surface area contributed by atoms with Crippen molar-refractivity contribution in [3.63, 3.8) is 0 Å². The molecule has 0 aromatic heterocycles. The minimum Gasteiger partial charge on any atom is -0.547 e. The van der Waals surface area contributed by atoms with Crippen molar-refractivity contribution >= 4 is 8.32 Å². The van der Waals surface area contributed by atoms with E-state index in [1.165, 1.54) is 37.4 Å². The van der Waals surface area contributed by atoms with E-state index in [9.17, 15) is 0 Å². The first kappa shape index (κ1) is 13.8. The molecule has 84 valence electrons. The number of allylic oxidation sites excluding steroid dienone is 1. The van der Waals surface area contributed by atoms with Crippen LogP contribution in [0.15, 0.2) is 12.3 Å². The molecule has 0 spiro atoms. The minimum absolute atomic E-state index is 0.923. The fraction of sp³-hybridized carbons (Fsp3) is 0.833. The van der Waals surface area contributed by atoms with Gasteiger partial charge in [0.1, 0.15) is 0 Å². The van der Waals surface area contributed by atoms with E-state index in [1.54, 1.807) is 0 Å². The Hall–Kier alpha value is -0.243. The molecule has 0 aromatic carbocycles. The fourth-order valence-electron chi connectivity index (χ4n) is 2.26. The van der Waals surface area contributed by atoms with Crippen molar-refractivity contribution in [3.8, 4) is 0 Å². The van der Waals surface area contributed by atoms with E-state index < -0.39 is 8.32 Å². The molecule has 0 amide bonds. The van der Waals surface area contributed by atoms with Crippen molar-refractivity contribution in [3.05, 3.63) is 12.3 Å². The molecule has 0 radical (unpaired) electrons. The summed E-state index contributed by atoms with van der Waals surface area (Å²) in [5.41, 5.74) is 0. The highest BCUT2D eigenvalue weighted by Crippen LogP contribution is 2.29. The van der Waals surface area contributed by atoms with Crippen molar-refractivity contribution in [2.45, 2.75) is 65.1 Å². The molecule has 0 heterocycles.